The molecule has 1 unspecified atom stereocenters. The van der Waals surface area contributed by atoms with E-state index in [-0.39, 0.29) is 24.8 Å². The molecule has 5 nitrogen and oxygen atoms in total. The van der Waals surface area contributed by atoms with Gasteiger partial charge in [-0.05, 0) is 30.4 Å². The molecule has 1 heterocycles. The van der Waals surface area contributed by atoms with Gasteiger partial charge in [0.2, 0.25) is 0 Å². The van der Waals surface area contributed by atoms with Crippen LogP contribution in [0.5, 0.6) is 0 Å². The summed E-state index contributed by atoms with van der Waals surface area (Å²) in [7, 11) is 0. The molecule has 156 valence electrons. The Kier molecular flexibility index (Phi) is 8.52. The van der Waals surface area contributed by atoms with Crippen LogP contribution in [0.4, 0.5) is 4.79 Å². The molecule has 1 amide bonds. The molecule has 3 atom stereocenters. The van der Waals surface area contributed by atoms with Crippen molar-refractivity contribution in [2.75, 3.05) is 11.9 Å². The maximum Gasteiger partial charge on any atom is 0.410 e. The van der Waals surface area contributed by atoms with E-state index in [2.05, 4.69) is 15.9 Å². The van der Waals surface area contributed by atoms with Gasteiger partial charge in [0.25, 0.3) is 0 Å². The lowest BCUT2D eigenvalue weighted by Crippen LogP contribution is -2.53. The second kappa shape index (κ2) is 11.3. The highest BCUT2D eigenvalue weighted by Crippen LogP contribution is 2.26. The average Bonchev–Trinajstić information content (AvgIpc) is 2.78. The Morgan fingerprint density at radius 2 is 1.69 bits per heavy atom. The number of piperidine rings is 1. The molecule has 29 heavy (non-hydrogen) atoms. The number of benzene rings is 2. The first-order chi connectivity index (χ1) is 14.2. The predicted molar refractivity (Wildman–Crippen MR) is 116 cm³/mol. The fourth-order valence-corrected chi connectivity index (χ4v) is 3.91. The monoisotopic (exact) mass is 461 g/mol. The molecule has 0 spiro atoms. The van der Waals surface area contributed by atoms with Crippen LogP contribution >= 0.6 is 15.9 Å². The number of aliphatic hydroxyl groups is 1. The summed E-state index contributed by atoms with van der Waals surface area (Å²) >= 11 is 3.33. The van der Waals surface area contributed by atoms with Crippen LogP contribution in [-0.2, 0) is 22.7 Å². The zero-order valence-corrected chi connectivity index (χ0v) is 18.0. The number of alkyl halides is 1. The Morgan fingerprint density at radius 1 is 1.07 bits per heavy atom. The summed E-state index contributed by atoms with van der Waals surface area (Å²) in [5.41, 5.74) is 2.04. The van der Waals surface area contributed by atoms with Crippen molar-refractivity contribution in [2.24, 2.45) is 0 Å². The molecule has 2 aromatic carbocycles. The van der Waals surface area contributed by atoms with Gasteiger partial charge < -0.3 is 19.5 Å². The standard InChI is InChI=1S/C23H28BrNO4/c24-15-20(26)14-21-22(28-16-18-8-3-1-4-9-18)12-7-13-25(21)23(27)29-17-19-10-5-2-6-11-19/h1-6,8-11,20-22,26H,7,12-17H2/t20?,21-,22+/m1/s1. The number of hydrogen-bond donors (Lipinski definition) is 1. The van der Waals surface area contributed by atoms with Gasteiger partial charge in [0.1, 0.15) is 6.61 Å². The van der Waals surface area contributed by atoms with Crippen molar-refractivity contribution in [2.45, 2.75) is 50.7 Å². The first-order valence-electron chi connectivity index (χ1n) is 10.0. The third-order valence-corrected chi connectivity index (χ3v) is 5.90. The largest absolute Gasteiger partial charge is 0.445 e. The second-order valence-corrected chi connectivity index (χ2v) is 7.97. The molecule has 1 fully saturated rings. The van der Waals surface area contributed by atoms with E-state index < -0.39 is 6.10 Å². The lowest BCUT2D eigenvalue weighted by atomic mass is 9.94. The van der Waals surface area contributed by atoms with Crippen LogP contribution in [0, 0.1) is 0 Å². The van der Waals surface area contributed by atoms with Crippen LogP contribution in [0.15, 0.2) is 60.7 Å². The van der Waals surface area contributed by atoms with Crippen molar-refractivity contribution in [3.8, 4) is 0 Å². The maximum absolute atomic E-state index is 12.8. The van der Waals surface area contributed by atoms with Crippen LogP contribution in [0.2, 0.25) is 0 Å². The highest BCUT2D eigenvalue weighted by Gasteiger charge is 2.37. The van der Waals surface area contributed by atoms with Crippen molar-refractivity contribution in [1.29, 1.82) is 0 Å². The highest BCUT2D eigenvalue weighted by atomic mass is 79.9. The maximum atomic E-state index is 12.8. The molecule has 0 radical (unpaired) electrons. The number of hydrogen-bond acceptors (Lipinski definition) is 4. The minimum atomic E-state index is -0.551. The molecule has 0 aliphatic carbocycles. The minimum Gasteiger partial charge on any atom is -0.445 e. The molecule has 2 aromatic rings. The smallest absolute Gasteiger partial charge is 0.410 e. The summed E-state index contributed by atoms with van der Waals surface area (Å²) in [4.78, 5) is 14.6. The van der Waals surface area contributed by atoms with E-state index in [0.29, 0.717) is 24.9 Å². The summed E-state index contributed by atoms with van der Waals surface area (Å²) in [5.74, 6) is 0. The van der Waals surface area contributed by atoms with Gasteiger partial charge in [0.15, 0.2) is 0 Å². The number of carbonyl (C=O) groups is 1. The van der Waals surface area contributed by atoms with Crippen LogP contribution in [-0.4, -0.2) is 46.2 Å². The average molecular weight is 462 g/mol. The molecular formula is C23H28BrNO4. The number of likely N-dealkylation sites (tertiary alicyclic amines) is 1. The molecule has 0 aromatic heterocycles. The molecule has 0 saturated carbocycles. The van der Waals surface area contributed by atoms with Gasteiger partial charge in [-0.1, -0.05) is 76.6 Å². The SMILES string of the molecule is O=C(OCc1ccccc1)N1CCC[C@H](OCc2ccccc2)[C@H]1CC(O)CBr. The van der Waals surface area contributed by atoms with Gasteiger partial charge >= 0.3 is 6.09 Å². The van der Waals surface area contributed by atoms with Gasteiger partial charge in [0, 0.05) is 11.9 Å². The summed E-state index contributed by atoms with van der Waals surface area (Å²) in [5, 5.41) is 10.7. The van der Waals surface area contributed by atoms with Crippen molar-refractivity contribution < 1.29 is 19.4 Å². The number of halogens is 1. The Bertz CT molecular complexity index is 743. The van der Waals surface area contributed by atoms with Gasteiger partial charge in [-0.15, -0.1) is 0 Å². The minimum absolute atomic E-state index is 0.137. The zero-order valence-electron chi connectivity index (χ0n) is 16.5. The predicted octanol–water partition coefficient (Wildman–Crippen LogP) is 4.52. The summed E-state index contributed by atoms with van der Waals surface area (Å²) in [6.45, 7) is 1.33. The molecule has 1 aliphatic heterocycles. The van der Waals surface area contributed by atoms with Crippen LogP contribution < -0.4 is 0 Å². The van der Waals surface area contributed by atoms with E-state index in [1.54, 1.807) is 4.90 Å². The molecule has 3 rings (SSSR count). The van der Waals surface area contributed by atoms with E-state index >= 15 is 0 Å². The fraction of sp³-hybridized carbons (Fsp3) is 0.435. The normalized spacial score (nSPS) is 20.3. The highest BCUT2D eigenvalue weighted by molar-refractivity contribution is 9.09. The summed E-state index contributed by atoms with van der Waals surface area (Å²) in [6.07, 6.45) is 1.11. The van der Waals surface area contributed by atoms with Crippen molar-refractivity contribution in [3.63, 3.8) is 0 Å². The van der Waals surface area contributed by atoms with E-state index in [0.717, 1.165) is 24.0 Å². The Hall–Kier alpha value is -1.89. The molecule has 6 heteroatoms. The topological polar surface area (TPSA) is 59.0 Å². The van der Waals surface area contributed by atoms with Crippen molar-refractivity contribution in [3.05, 3.63) is 71.8 Å². The Balaban J connectivity index is 1.65. The number of nitrogens with zero attached hydrogens (tertiary/aromatic N) is 1. The molecule has 1 saturated heterocycles. The van der Waals surface area contributed by atoms with E-state index in [1.165, 1.54) is 0 Å². The van der Waals surface area contributed by atoms with Gasteiger partial charge in [-0.25, -0.2) is 4.79 Å². The van der Waals surface area contributed by atoms with Crippen molar-refractivity contribution >= 4 is 22.0 Å². The van der Waals surface area contributed by atoms with E-state index in [9.17, 15) is 9.90 Å². The molecule has 0 bridgehead atoms. The van der Waals surface area contributed by atoms with E-state index in [1.807, 2.05) is 60.7 Å². The van der Waals surface area contributed by atoms with Gasteiger partial charge in [0.05, 0.1) is 24.9 Å². The second-order valence-electron chi connectivity index (χ2n) is 7.32. The van der Waals surface area contributed by atoms with Gasteiger partial charge in [-0.2, -0.15) is 0 Å². The fourth-order valence-electron chi connectivity index (χ4n) is 3.64. The first-order valence-corrected chi connectivity index (χ1v) is 11.2. The number of ether oxygens (including phenoxy) is 2. The zero-order chi connectivity index (χ0) is 20.5. The van der Waals surface area contributed by atoms with Gasteiger partial charge in [-0.3, -0.25) is 0 Å². The lowest BCUT2D eigenvalue weighted by molar-refractivity contribution is -0.0595. The number of carbonyl (C=O) groups excluding carboxylic acids is 1. The molecule has 1 aliphatic rings. The molecular weight excluding hydrogens is 434 g/mol. The van der Waals surface area contributed by atoms with Crippen LogP contribution in [0.25, 0.3) is 0 Å². The number of aliphatic hydroxyl groups excluding tert-OH is 1. The lowest BCUT2D eigenvalue weighted by Gasteiger charge is -2.41. The third kappa shape index (κ3) is 6.56. The van der Waals surface area contributed by atoms with Crippen molar-refractivity contribution in [1.82, 2.24) is 4.90 Å². The summed E-state index contributed by atoms with van der Waals surface area (Å²) < 4.78 is 11.8. The Morgan fingerprint density at radius 3 is 2.31 bits per heavy atom. The third-order valence-electron chi connectivity index (χ3n) is 5.16. The number of amides is 1. The van der Waals surface area contributed by atoms with Crippen LogP contribution in [0.3, 0.4) is 0 Å². The van der Waals surface area contributed by atoms with E-state index in [4.69, 9.17) is 9.47 Å². The quantitative estimate of drug-likeness (QED) is 0.587. The Labute approximate surface area is 180 Å². The number of rotatable bonds is 8. The summed E-state index contributed by atoms with van der Waals surface area (Å²) in [6, 6.07) is 19.4. The molecule has 1 N–H and O–H groups in total. The first kappa shape index (κ1) is 21.8. The van der Waals surface area contributed by atoms with Crippen LogP contribution in [0.1, 0.15) is 30.4 Å².